The summed E-state index contributed by atoms with van der Waals surface area (Å²) in [6, 6.07) is 11.3. The van der Waals surface area contributed by atoms with Crippen LogP contribution in [-0.2, 0) is 13.0 Å². The maximum absolute atomic E-state index is 4.67. The average Bonchev–Trinajstić information content (AvgIpc) is 3.04. The second-order valence-electron chi connectivity index (χ2n) is 6.37. The standard InChI is InChI=1S/C18H22N4/c1-21-11-9-16-15(12-21)18(20-13-19-16)22-10-5-8-17(22)14-6-3-2-4-7-14/h2-4,6-7,13,17H,5,8-12H2,1H3/t17-/m0/s1. The highest BCUT2D eigenvalue weighted by Crippen LogP contribution is 2.37. The first-order chi connectivity index (χ1) is 10.8. The van der Waals surface area contributed by atoms with Crippen molar-refractivity contribution in [2.75, 3.05) is 25.0 Å². The molecule has 1 saturated heterocycles. The summed E-state index contributed by atoms with van der Waals surface area (Å²) in [5.74, 6) is 1.16. The van der Waals surface area contributed by atoms with Gasteiger partial charge in [-0.05, 0) is 25.5 Å². The van der Waals surface area contributed by atoms with E-state index in [1.54, 1.807) is 6.33 Å². The van der Waals surface area contributed by atoms with Gasteiger partial charge in [0.2, 0.25) is 0 Å². The lowest BCUT2D eigenvalue weighted by molar-refractivity contribution is 0.309. The van der Waals surface area contributed by atoms with E-state index in [4.69, 9.17) is 0 Å². The van der Waals surface area contributed by atoms with Crippen molar-refractivity contribution in [1.82, 2.24) is 14.9 Å². The molecule has 2 aromatic rings. The largest absolute Gasteiger partial charge is 0.349 e. The Morgan fingerprint density at radius 3 is 2.82 bits per heavy atom. The van der Waals surface area contributed by atoms with Gasteiger partial charge in [0.1, 0.15) is 12.1 Å². The minimum atomic E-state index is 0.451. The summed E-state index contributed by atoms with van der Waals surface area (Å²) in [4.78, 5) is 14.1. The number of hydrogen-bond acceptors (Lipinski definition) is 4. The molecule has 114 valence electrons. The van der Waals surface area contributed by atoms with Crippen LogP contribution in [0, 0.1) is 0 Å². The zero-order valence-corrected chi connectivity index (χ0v) is 13.1. The Morgan fingerprint density at radius 2 is 1.95 bits per heavy atom. The Kier molecular flexibility index (Phi) is 3.54. The maximum atomic E-state index is 4.67. The summed E-state index contributed by atoms with van der Waals surface area (Å²) in [5, 5.41) is 0. The van der Waals surface area contributed by atoms with Crippen molar-refractivity contribution in [3.8, 4) is 0 Å². The number of likely N-dealkylation sites (N-methyl/N-ethyl adjacent to an activating group) is 1. The van der Waals surface area contributed by atoms with E-state index in [9.17, 15) is 0 Å². The molecule has 0 bridgehead atoms. The molecule has 1 aromatic heterocycles. The van der Waals surface area contributed by atoms with Crippen molar-refractivity contribution in [2.24, 2.45) is 0 Å². The van der Waals surface area contributed by atoms with Crippen LogP contribution in [0.2, 0.25) is 0 Å². The summed E-state index contributed by atoms with van der Waals surface area (Å²) in [6.07, 6.45) is 5.22. The first-order valence-corrected chi connectivity index (χ1v) is 8.16. The van der Waals surface area contributed by atoms with E-state index in [-0.39, 0.29) is 0 Å². The summed E-state index contributed by atoms with van der Waals surface area (Å²) in [7, 11) is 2.18. The predicted octanol–water partition coefficient (Wildman–Crippen LogP) is 2.81. The second kappa shape index (κ2) is 5.69. The van der Waals surface area contributed by atoms with Gasteiger partial charge in [-0.2, -0.15) is 0 Å². The Balaban J connectivity index is 1.72. The molecule has 0 aliphatic carbocycles. The number of aromatic nitrogens is 2. The lowest BCUT2D eigenvalue weighted by Crippen LogP contribution is -2.32. The fourth-order valence-electron chi connectivity index (χ4n) is 3.75. The first kappa shape index (κ1) is 13.7. The quantitative estimate of drug-likeness (QED) is 0.852. The van der Waals surface area contributed by atoms with Crippen molar-refractivity contribution >= 4 is 5.82 Å². The van der Waals surface area contributed by atoms with Crippen molar-refractivity contribution in [2.45, 2.75) is 31.8 Å². The van der Waals surface area contributed by atoms with E-state index in [1.807, 2.05) is 0 Å². The van der Waals surface area contributed by atoms with Gasteiger partial charge in [-0.3, -0.25) is 0 Å². The molecule has 0 spiro atoms. The van der Waals surface area contributed by atoms with Crippen LogP contribution in [0.25, 0.3) is 0 Å². The summed E-state index contributed by atoms with van der Waals surface area (Å²) < 4.78 is 0. The number of anilines is 1. The minimum Gasteiger partial charge on any atom is -0.349 e. The third kappa shape index (κ3) is 2.37. The van der Waals surface area contributed by atoms with E-state index in [0.29, 0.717) is 6.04 Å². The number of hydrogen-bond donors (Lipinski definition) is 0. The second-order valence-corrected chi connectivity index (χ2v) is 6.37. The number of benzene rings is 1. The van der Waals surface area contributed by atoms with Crippen LogP contribution in [-0.4, -0.2) is 35.0 Å². The Labute approximate surface area is 131 Å². The molecule has 3 heterocycles. The molecule has 1 atom stereocenters. The Bertz CT molecular complexity index is 655. The van der Waals surface area contributed by atoms with E-state index < -0.39 is 0 Å². The van der Waals surface area contributed by atoms with Crippen LogP contribution < -0.4 is 4.90 Å². The van der Waals surface area contributed by atoms with Gasteiger partial charge in [0.15, 0.2) is 0 Å². The molecule has 4 heteroatoms. The first-order valence-electron chi connectivity index (χ1n) is 8.16. The van der Waals surface area contributed by atoms with Crippen LogP contribution in [0.3, 0.4) is 0 Å². The molecule has 4 nitrogen and oxygen atoms in total. The molecule has 0 amide bonds. The third-order valence-corrected chi connectivity index (χ3v) is 4.88. The highest BCUT2D eigenvalue weighted by atomic mass is 15.2. The van der Waals surface area contributed by atoms with Gasteiger partial charge in [0.05, 0.1) is 11.7 Å². The number of nitrogens with zero attached hydrogens (tertiary/aromatic N) is 4. The smallest absolute Gasteiger partial charge is 0.137 e. The van der Waals surface area contributed by atoms with Gasteiger partial charge >= 0.3 is 0 Å². The van der Waals surface area contributed by atoms with Gasteiger partial charge in [0.25, 0.3) is 0 Å². The van der Waals surface area contributed by atoms with Crippen LogP contribution in [0.15, 0.2) is 36.7 Å². The van der Waals surface area contributed by atoms with Crippen molar-refractivity contribution in [1.29, 1.82) is 0 Å². The molecule has 1 fully saturated rings. The fourth-order valence-corrected chi connectivity index (χ4v) is 3.75. The molecule has 0 saturated carbocycles. The van der Waals surface area contributed by atoms with Gasteiger partial charge in [-0.1, -0.05) is 30.3 Å². The lowest BCUT2D eigenvalue weighted by atomic mass is 10.0. The minimum absolute atomic E-state index is 0.451. The molecular weight excluding hydrogens is 272 g/mol. The van der Waals surface area contributed by atoms with Crippen molar-refractivity contribution in [3.63, 3.8) is 0 Å². The van der Waals surface area contributed by atoms with Crippen LogP contribution in [0.1, 0.15) is 35.7 Å². The van der Waals surface area contributed by atoms with E-state index in [1.165, 1.54) is 29.7 Å². The van der Waals surface area contributed by atoms with Crippen molar-refractivity contribution in [3.05, 3.63) is 53.5 Å². The Morgan fingerprint density at radius 1 is 1.09 bits per heavy atom. The average molecular weight is 294 g/mol. The SMILES string of the molecule is CN1CCc2ncnc(N3CCC[C@H]3c3ccccc3)c2C1. The highest BCUT2D eigenvalue weighted by Gasteiger charge is 2.30. The molecule has 4 rings (SSSR count). The van der Waals surface area contributed by atoms with Crippen LogP contribution in [0.5, 0.6) is 0 Å². The lowest BCUT2D eigenvalue weighted by Gasteiger charge is -2.32. The van der Waals surface area contributed by atoms with E-state index in [2.05, 4.69) is 57.1 Å². The molecule has 2 aliphatic rings. The normalized spacial score (nSPS) is 21.9. The molecule has 1 aromatic carbocycles. The zero-order chi connectivity index (χ0) is 14.9. The summed E-state index contributed by atoms with van der Waals surface area (Å²) in [6.45, 7) is 3.14. The number of rotatable bonds is 2. The summed E-state index contributed by atoms with van der Waals surface area (Å²) in [5.41, 5.74) is 3.97. The Hall–Kier alpha value is -1.94. The third-order valence-electron chi connectivity index (χ3n) is 4.88. The molecule has 2 aliphatic heterocycles. The predicted molar refractivity (Wildman–Crippen MR) is 87.8 cm³/mol. The van der Waals surface area contributed by atoms with Gasteiger partial charge in [-0.25, -0.2) is 9.97 Å². The monoisotopic (exact) mass is 294 g/mol. The molecule has 0 N–H and O–H groups in total. The van der Waals surface area contributed by atoms with E-state index >= 15 is 0 Å². The van der Waals surface area contributed by atoms with Gasteiger partial charge < -0.3 is 9.80 Å². The van der Waals surface area contributed by atoms with Gasteiger partial charge in [-0.15, -0.1) is 0 Å². The van der Waals surface area contributed by atoms with Crippen LogP contribution in [0.4, 0.5) is 5.82 Å². The van der Waals surface area contributed by atoms with E-state index in [0.717, 1.165) is 31.9 Å². The topological polar surface area (TPSA) is 32.3 Å². The number of fused-ring (bicyclic) bond motifs is 1. The molecule has 0 radical (unpaired) electrons. The zero-order valence-electron chi connectivity index (χ0n) is 13.1. The van der Waals surface area contributed by atoms with Crippen LogP contribution >= 0.6 is 0 Å². The fraction of sp³-hybridized carbons (Fsp3) is 0.444. The molecular formula is C18H22N4. The molecule has 0 unspecified atom stereocenters. The summed E-state index contributed by atoms with van der Waals surface area (Å²) >= 11 is 0. The maximum Gasteiger partial charge on any atom is 0.137 e. The molecule has 22 heavy (non-hydrogen) atoms. The van der Waals surface area contributed by atoms with Gasteiger partial charge in [0, 0.05) is 31.6 Å². The highest BCUT2D eigenvalue weighted by molar-refractivity contribution is 5.52. The van der Waals surface area contributed by atoms with Crippen molar-refractivity contribution < 1.29 is 0 Å².